The van der Waals surface area contributed by atoms with Crippen molar-refractivity contribution in [2.24, 2.45) is 0 Å². The fraction of sp³-hybridized carbons (Fsp3) is 0.250. The molecule has 0 atom stereocenters. The van der Waals surface area contributed by atoms with Crippen molar-refractivity contribution in [3.63, 3.8) is 0 Å². The number of aromatic nitrogens is 3. The lowest BCUT2D eigenvalue weighted by Crippen LogP contribution is -2.03. The number of carbonyl (C=O) groups is 1. The number of hydrogen-bond acceptors (Lipinski definition) is 3. The lowest BCUT2D eigenvalue weighted by Gasteiger charge is -2.05. The molecule has 0 aliphatic heterocycles. The lowest BCUT2D eigenvalue weighted by atomic mass is 10.1. The van der Waals surface area contributed by atoms with Crippen molar-refractivity contribution in [1.82, 2.24) is 15.0 Å². The van der Waals surface area contributed by atoms with E-state index >= 15 is 0 Å². The molecule has 4 nitrogen and oxygen atoms in total. The first-order valence-electron chi connectivity index (χ1n) is 5.30. The van der Waals surface area contributed by atoms with Crippen LogP contribution in [0.25, 0.3) is 5.69 Å². The Balaban J connectivity index is 2.61. The van der Waals surface area contributed by atoms with Crippen LogP contribution in [-0.4, -0.2) is 21.3 Å². The zero-order valence-electron chi connectivity index (χ0n) is 9.59. The zero-order valence-corrected chi connectivity index (χ0v) is 10.3. The molecule has 1 aromatic carbocycles. The van der Waals surface area contributed by atoms with Crippen LogP contribution in [0.15, 0.2) is 24.3 Å². The van der Waals surface area contributed by atoms with Crippen molar-refractivity contribution in [1.29, 1.82) is 0 Å². The number of halogens is 1. The van der Waals surface area contributed by atoms with Crippen LogP contribution in [0.1, 0.15) is 35.9 Å². The van der Waals surface area contributed by atoms with Gasteiger partial charge in [-0.2, -0.15) is 0 Å². The van der Waals surface area contributed by atoms with Crippen LogP contribution in [0.5, 0.6) is 0 Å². The third kappa shape index (κ3) is 2.08. The third-order valence-electron chi connectivity index (χ3n) is 2.47. The Morgan fingerprint density at radius 3 is 2.65 bits per heavy atom. The minimum Gasteiger partial charge on any atom is -0.296 e. The van der Waals surface area contributed by atoms with Crippen LogP contribution in [-0.2, 0) is 0 Å². The van der Waals surface area contributed by atoms with Crippen molar-refractivity contribution in [3.8, 4) is 5.69 Å². The van der Waals surface area contributed by atoms with Gasteiger partial charge < -0.3 is 0 Å². The molecule has 0 aliphatic carbocycles. The molecule has 88 valence electrons. The van der Waals surface area contributed by atoms with Gasteiger partial charge in [-0.25, -0.2) is 4.68 Å². The molecule has 0 saturated carbocycles. The quantitative estimate of drug-likeness (QED) is 0.786. The summed E-state index contributed by atoms with van der Waals surface area (Å²) >= 11 is 6.07. The molecule has 0 radical (unpaired) electrons. The molecule has 17 heavy (non-hydrogen) atoms. The van der Waals surface area contributed by atoms with Crippen LogP contribution < -0.4 is 0 Å². The summed E-state index contributed by atoms with van der Waals surface area (Å²) < 4.78 is 1.48. The molecule has 2 aromatic rings. The smallest absolute Gasteiger partial charge is 0.170 e. The average Bonchev–Trinajstić information content (AvgIpc) is 2.73. The normalized spacial score (nSPS) is 10.8. The van der Waals surface area contributed by atoms with E-state index in [-0.39, 0.29) is 5.92 Å². The third-order valence-corrected chi connectivity index (χ3v) is 2.79. The topological polar surface area (TPSA) is 47.8 Å². The van der Waals surface area contributed by atoms with E-state index in [1.807, 2.05) is 26.0 Å². The van der Waals surface area contributed by atoms with Gasteiger partial charge in [-0.3, -0.25) is 4.79 Å². The van der Waals surface area contributed by atoms with Gasteiger partial charge in [0.15, 0.2) is 6.29 Å². The highest BCUT2D eigenvalue weighted by Gasteiger charge is 2.17. The van der Waals surface area contributed by atoms with Crippen molar-refractivity contribution >= 4 is 17.9 Å². The fourth-order valence-electron chi connectivity index (χ4n) is 1.62. The average molecular weight is 250 g/mol. The second-order valence-electron chi connectivity index (χ2n) is 4.00. The number of aldehydes is 1. The fourth-order valence-corrected chi connectivity index (χ4v) is 1.84. The SMILES string of the molecule is CC(C)c1nnn(-c2ccccc2Cl)c1C=O. The van der Waals surface area contributed by atoms with Crippen molar-refractivity contribution < 1.29 is 4.79 Å². The highest BCUT2D eigenvalue weighted by Crippen LogP contribution is 2.23. The first-order chi connectivity index (χ1) is 8.15. The van der Waals surface area contributed by atoms with E-state index in [1.165, 1.54) is 4.68 Å². The number of rotatable bonds is 3. The predicted octanol–water partition coefficient (Wildman–Crippen LogP) is 2.86. The number of hydrogen-bond donors (Lipinski definition) is 0. The van der Waals surface area contributed by atoms with Crippen molar-refractivity contribution in [2.75, 3.05) is 0 Å². The van der Waals surface area contributed by atoms with Crippen LogP contribution in [0.2, 0.25) is 5.02 Å². The highest BCUT2D eigenvalue weighted by atomic mass is 35.5. The van der Waals surface area contributed by atoms with Crippen LogP contribution in [0.3, 0.4) is 0 Å². The summed E-state index contributed by atoms with van der Waals surface area (Å²) in [6.45, 7) is 3.93. The van der Waals surface area contributed by atoms with E-state index in [1.54, 1.807) is 12.1 Å². The maximum atomic E-state index is 11.2. The Labute approximate surface area is 104 Å². The van der Waals surface area contributed by atoms with Crippen LogP contribution >= 0.6 is 11.6 Å². The molecule has 1 aromatic heterocycles. The van der Waals surface area contributed by atoms with E-state index in [0.29, 0.717) is 22.1 Å². The predicted molar refractivity (Wildman–Crippen MR) is 65.8 cm³/mol. The standard InChI is InChI=1S/C12H12ClN3O/c1-8(2)12-11(7-17)16(15-14-12)10-6-4-3-5-9(10)13/h3-8H,1-2H3. The molecule has 0 N–H and O–H groups in total. The van der Waals surface area contributed by atoms with Gasteiger partial charge in [0.2, 0.25) is 0 Å². The summed E-state index contributed by atoms with van der Waals surface area (Å²) in [7, 11) is 0. The Morgan fingerprint density at radius 1 is 1.35 bits per heavy atom. The molecule has 0 bridgehead atoms. The van der Waals surface area contributed by atoms with Crippen LogP contribution in [0, 0.1) is 0 Å². The first-order valence-corrected chi connectivity index (χ1v) is 5.68. The summed E-state index contributed by atoms with van der Waals surface area (Å²) in [5.41, 5.74) is 1.80. The largest absolute Gasteiger partial charge is 0.296 e. The lowest BCUT2D eigenvalue weighted by molar-refractivity contribution is 0.111. The Kier molecular flexibility index (Phi) is 3.24. The second-order valence-corrected chi connectivity index (χ2v) is 4.40. The minimum atomic E-state index is 0.145. The Hall–Kier alpha value is -1.68. The molecule has 0 spiro atoms. The number of para-hydroxylation sites is 1. The highest BCUT2D eigenvalue weighted by molar-refractivity contribution is 6.32. The van der Waals surface area contributed by atoms with Gasteiger partial charge in [0.05, 0.1) is 16.4 Å². The molecular formula is C12H12ClN3O. The summed E-state index contributed by atoms with van der Waals surface area (Å²) in [6, 6.07) is 7.22. The van der Waals surface area contributed by atoms with Crippen molar-refractivity contribution in [3.05, 3.63) is 40.7 Å². The zero-order chi connectivity index (χ0) is 12.4. The summed E-state index contributed by atoms with van der Waals surface area (Å²) in [5, 5.41) is 8.56. The van der Waals surface area contributed by atoms with Gasteiger partial charge in [-0.1, -0.05) is 42.8 Å². The number of benzene rings is 1. The minimum absolute atomic E-state index is 0.145. The molecule has 0 saturated heterocycles. The molecule has 0 fully saturated rings. The van der Waals surface area contributed by atoms with Gasteiger partial charge in [0.1, 0.15) is 5.69 Å². The van der Waals surface area contributed by atoms with Gasteiger partial charge >= 0.3 is 0 Å². The van der Waals surface area contributed by atoms with E-state index in [0.717, 1.165) is 6.29 Å². The summed E-state index contributed by atoms with van der Waals surface area (Å²) in [6.07, 6.45) is 0.763. The first kappa shape index (κ1) is 11.8. The van der Waals surface area contributed by atoms with Gasteiger partial charge in [-0.05, 0) is 18.1 Å². The summed E-state index contributed by atoms with van der Waals surface area (Å²) in [4.78, 5) is 11.2. The molecular weight excluding hydrogens is 238 g/mol. The van der Waals surface area contributed by atoms with Gasteiger partial charge in [0, 0.05) is 0 Å². The van der Waals surface area contributed by atoms with Gasteiger partial charge in [0.25, 0.3) is 0 Å². The molecule has 1 heterocycles. The molecule has 0 unspecified atom stereocenters. The summed E-state index contributed by atoms with van der Waals surface area (Å²) in [5.74, 6) is 0.145. The number of nitrogens with zero attached hydrogens (tertiary/aromatic N) is 3. The van der Waals surface area contributed by atoms with E-state index in [4.69, 9.17) is 11.6 Å². The molecule has 2 rings (SSSR count). The van der Waals surface area contributed by atoms with Crippen molar-refractivity contribution in [2.45, 2.75) is 19.8 Å². The molecule has 0 amide bonds. The number of carbonyl (C=O) groups excluding carboxylic acids is 1. The van der Waals surface area contributed by atoms with Gasteiger partial charge in [-0.15, -0.1) is 5.10 Å². The maximum absolute atomic E-state index is 11.2. The Bertz CT molecular complexity index is 548. The monoisotopic (exact) mass is 249 g/mol. The van der Waals surface area contributed by atoms with Crippen LogP contribution in [0.4, 0.5) is 0 Å². The molecule has 0 aliphatic rings. The van der Waals surface area contributed by atoms with E-state index < -0.39 is 0 Å². The second kappa shape index (κ2) is 4.67. The van der Waals surface area contributed by atoms with E-state index in [9.17, 15) is 4.79 Å². The Morgan fingerprint density at radius 2 is 2.06 bits per heavy atom. The maximum Gasteiger partial charge on any atom is 0.170 e. The van der Waals surface area contributed by atoms with E-state index in [2.05, 4.69) is 10.3 Å². The molecule has 5 heteroatoms.